The van der Waals surface area contributed by atoms with E-state index in [2.05, 4.69) is 15.1 Å². The summed E-state index contributed by atoms with van der Waals surface area (Å²) in [5.41, 5.74) is 6.97. The topological polar surface area (TPSA) is 124 Å². The van der Waals surface area contributed by atoms with Gasteiger partial charge in [-0.1, -0.05) is 11.2 Å². The number of carbonyl (C=O) groups is 2. The molecule has 154 valence electrons. The zero-order valence-electron chi connectivity index (χ0n) is 16.2. The minimum absolute atomic E-state index is 0.113. The molecule has 2 aromatic heterocycles. The molecule has 1 aromatic carbocycles. The van der Waals surface area contributed by atoms with E-state index in [-0.39, 0.29) is 6.54 Å². The number of hydrogen-bond acceptors (Lipinski definition) is 7. The van der Waals surface area contributed by atoms with Crippen LogP contribution in [0.15, 0.2) is 41.1 Å². The number of hydrogen-bond donors (Lipinski definition) is 1. The van der Waals surface area contributed by atoms with E-state index >= 15 is 0 Å². The lowest BCUT2D eigenvalue weighted by Crippen LogP contribution is -2.34. The summed E-state index contributed by atoms with van der Waals surface area (Å²) < 4.78 is 24.9. The third-order valence-electron chi connectivity index (χ3n) is 4.94. The van der Waals surface area contributed by atoms with E-state index in [4.69, 9.17) is 15.0 Å². The van der Waals surface area contributed by atoms with E-state index in [1.807, 2.05) is 0 Å². The summed E-state index contributed by atoms with van der Waals surface area (Å²) in [6.07, 6.45) is 0.179. The molecule has 9 nitrogen and oxygen atoms in total. The van der Waals surface area contributed by atoms with Gasteiger partial charge < -0.3 is 15.0 Å². The number of halogens is 1. The van der Waals surface area contributed by atoms with Crippen LogP contribution in [0.3, 0.4) is 0 Å². The highest BCUT2D eigenvalue weighted by Gasteiger charge is 2.37. The predicted octanol–water partition coefficient (Wildman–Crippen LogP) is 2.69. The largest absolute Gasteiger partial charge is 0.443 e. The maximum absolute atomic E-state index is 14.8. The summed E-state index contributed by atoms with van der Waals surface area (Å²) in [4.78, 5) is 33.1. The lowest BCUT2D eigenvalue weighted by atomic mass is 10.0. The first-order valence-corrected chi connectivity index (χ1v) is 9.17. The Morgan fingerprint density at radius 2 is 2.13 bits per heavy atom. The quantitative estimate of drug-likeness (QED) is 0.684. The number of ether oxygens (including phenoxy) is 1. The van der Waals surface area contributed by atoms with E-state index in [0.717, 1.165) is 0 Å². The number of aryl methyl sites for hydroxylation is 1. The molecule has 1 aliphatic heterocycles. The first-order valence-electron chi connectivity index (χ1n) is 9.17. The number of cyclic esters (lactones) is 1. The van der Waals surface area contributed by atoms with Crippen LogP contribution in [-0.2, 0) is 9.53 Å². The van der Waals surface area contributed by atoms with Gasteiger partial charge in [0, 0.05) is 24.2 Å². The smallest absolute Gasteiger partial charge is 0.414 e. The van der Waals surface area contributed by atoms with Crippen molar-refractivity contribution in [1.82, 2.24) is 15.1 Å². The minimum atomic E-state index is -0.678. The molecule has 0 bridgehead atoms. The Morgan fingerprint density at radius 1 is 1.33 bits per heavy atom. The Balaban J connectivity index is 1.55. The SMILES string of the molecule is Cc1nc(-c2ccc(-c3ccc(N4CC([C@H](C)C(N)=O)OC4=O)cc3F)cn2)no1. The van der Waals surface area contributed by atoms with Crippen LogP contribution in [-0.4, -0.2) is 39.8 Å². The number of aromatic nitrogens is 3. The third-order valence-corrected chi connectivity index (χ3v) is 4.94. The van der Waals surface area contributed by atoms with Crippen molar-refractivity contribution in [3.8, 4) is 22.6 Å². The molecule has 1 saturated heterocycles. The normalized spacial score (nSPS) is 17.1. The summed E-state index contributed by atoms with van der Waals surface area (Å²) in [7, 11) is 0. The number of benzene rings is 1. The molecule has 1 unspecified atom stereocenters. The van der Waals surface area contributed by atoms with Gasteiger partial charge in [-0.05, 0) is 31.2 Å². The summed E-state index contributed by atoms with van der Waals surface area (Å²) in [5.74, 6) is -0.969. The number of rotatable bonds is 5. The average Bonchev–Trinajstić information content (AvgIpc) is 3.33. The summed E-state index contributed by atoms with van der Waals surface area (Å²) in [6, 6.07) is 7.76. The van der Waals surface area contributed by atoms with Crippen LogP contribution < -0.4 is 10.6 Å². The molecular formula is C20H18FN5O4. The molecule has 0 radical (unpaired) electrons. The van der Waals surface area contributed by atoms with Crippen molar-refractivity contribution in [2.75, 3.05) is 11.4 Å². The monoisotopic (exact) mass is 411 g/mol. The predicted molar refractivity (Wildman–Crippen MR) is 104 cm³/mol. The maximum atomic E-state index is 14.8. The molecule has 10 heteroatoms. The van der Waals surface area contributed by atoms with Crippen LogP contribution in [0, 0.1) is 18.7 Å². The number of nitrogens with two attached hydrogens (primary N) is 1. The van der Waals surface area contributed by atoms with Gasteiger partial charge in [0.25, 0.3) is 0 Å². The zero-order chi connectivity index (χ0) is 21.4. The van der Waals surface area contributed by atoms with E-state index in [1.165, 1.54) is 17.2 Å². The lowest BCUT2D eigenvalue weighted by molar-refractivity contribution is -0.123. The van der Waals surface area contributed by atoms with Crippen molar-refractivity contribution < 1.29 is 23.2 Å². The van der Waals surface area contributed by atoms with Crippen molar-refractivity contribution in [3.63, 3.8) is 0 Å². The Labute approximate surface area is 170 Å². The number of pyridine rings is 1. The van der Waals surface area contributed by atoms with Crippen LogP contribution in [0.5, 0.6) is 0 Å². The van der Waals surface area contributed by atoms with Gasteiger partial charge in [0.1, 0.15) is 17.6 Å². The molecule has 1 aliphatic rings. The zero-order valence-corrected chi connectivity index (χ0v) is 16.2. The number of carbonyl (C=O) groups excluding carboxylic acids is 2. The molecule has 3 heterocycles. The number of amides is 2. The first kappa shape index (κ1) is 19.5. The van der Waals surface area contributed by atoms with Gasteiger partial charge >= 0.3 is 6.09 Å². The Hall–Kier alpha value is -3.82. The van der Waals surface area contributed by atoms with E-state index in [0.29, 0.717) is 34.2 Å². The molecule has 3 aromatic rings. The molecular weight excluding hydrogens is 393 g/mol. The minimum Gasteiger partial charge on any atom is -0.443 e. The van der Waals surface area contributed by atoms with Crippen LogP contribution in [0.1, 0.15) is 12.8 Å². The van der Waals surface area contributed by atoms with Gasteiger partial charge in [0.2, 0.25) is 17.6 Å². The highest BCUT2D eigenvalue weighted by Crippen LogP contribution is 2.30. The van der Waals surface area contributed by atoms with Crippen LogP contribution in [0.2, 0.25) is 0 Å². The first-order chi connectivity index (χ1) is 14.3. The maximum Gasteiger partial charge on any atom is 0.414 e. The van der Waals surface area contributed by atoms with Gasteiger partial charge in [-0.2, -0.15) is 4.98 Å². The standard InChI is InChI=1S/C20H18FN5O4/c1-10(18(22)27)17-9-26(20(28)29-17)13-4-5-14(15(21)7-13)12-3-6-16(23-8-12)19-24-11(2)30-25-19/h3-8,10,17H,9H2,1-2H3,(H2,22,27)/t10-,17?/m0/s1. The molecule has 0 aliphatic carbocycles. The number of nitrogens with zero attached hydrogens (tertiary/aromatic N) is 4. The molecule has 4 rings (SSSR count). The molecule has 1 fully saturated rings. The van der Waals surface area contributed by atoms with Gasteiger partial charge in [0.05, 0.1) is 18.2 Å². The fourth-order valence-electron chi connectivity index (χ4n) is 3.13. The Kier molecular flexibility index (Phi) is 4.90. The second-order valence-electron chi connectivity index (χ2n) is 6.96. The van der Waals surface area contributed by atoms with Crippen molar-refractivity contribution >= 4 is 17.7 Å². The highest BCUT2D eigenvalue weighted by atomic mass is 19.1. The summed E-state index contributed by atoms with van der Waals surface area (Å²) in [6.45, 7) is 3.37. The molecule has 2 atom stereocenters. The van der Waals surface area contributed by atoms with Crippen LogP contribution in [0.25, 0.3) is 22.6 Å². The van der Waals surface area contributed by atoms with Gasteiger partial charge in [0.15, 0.2) is 0 Å². The third kappa shape index (κ3) is 3.59. The molecule has 0 spiro atoms. The Morgan fingerprint density at radius 3 is 2.73 bits per heavy atom. The van der Waals surface area contributed by atoms with Gasteiger partial charge in [-0.25, -0.2) is 9.18 Å². The second kappa shape index (κ2) is 7.54. The number of anilines is 1. The molecule has 30 heavy (non-hydrogen) atoms. The molecule has 2 N–H and O–H groups in total. The van der Waals surface area contributed by atoms with E-state index in [1.54, 1.807) is 38.1 Å². The van der Waals surface area contributed by atoms with Crippen LogP contribution in [0.4, 0.5) is 14.9 Å². The molecule has 2 amide bonds. The van der Waals surface area contributed by atoms with Crippen LogP contribution >= 0.6 is 0 Å². The fourth-order valence-corrected chi connectivity index (χ4v) is 3.13. The second-order valence-corrected chi connectivity index (χ2v) is 6.96. The van der Waals surface area contributed by atoms with Crippen molar-refractivity contribution in [1.29, 1.82) is 0 Å². The van der Waals surface area contributed by atoms with E-state index < -0.39 is 29.8 Å². The van der Waals surface area contributed by atoms with Gasteiger partial charge in [-0.3, -0.25) is 14.7 Å². The summed E-state index contributed by atoms with van der Waals surface area (Å²) >= 11 is 0. The van der Waals surface area contributed by atoms with Crippen molar-refractivity contribution in [2.45, 2.75) is 20.0 Å². The lowest BCUT2D eigenvalue weighted by Gasteiger charge is -2.15. The number of primary amides is 1. The van der Waals surface area contributed by atoms with Crippen molar-refractivity contribution in [2.24, 2.45) is 11.7 Å². The fraction of sp³-hybridized carbons (Fsp3) is 0.250. The average molecular weight is 411 g/mol. The van der Waals surface area contributed by atoms with Crippen molar-refractivity contribution in [3.05, 3.63) is 48.2 Å². The molecule has 0 saturated carbocycles. The highest BCUT2D eigenvalue weighted by molar-refractivity contribution is 5.91. The van der Waals surface area contributed by atoms with Gasteiger partial charge in [-0.15, -0.1) is 0 Å². The Bertz CT molecular complexity index is 1110. The van der Waals surface area contributed by atoms with E-state index in [9.17, 15) is 14.0 Å². The summed E-state index contributed by atoms with van der Waals surface area (Å²) in [5, 5.41) is 3.80.